The molecule has 146 valence electrons. The standard InChI is InChI=1S/C21H25N3O.2ClH/c1-16-18(7-8-19(23-16)17-5-3-2-4-6-17)20(25)24-13-10-21(11-14-24)9-12-22-15-21;;/h2-8,22H,9-15H2,1H3;2*1H. The Labute approximate surface area is 173 Å². The van der Waals surface area contributed by atoms with Gasteiger partial charge < -0.3 is 10.2 Å². The van der Waals surface area contributed by atoms with E-state index in [0.717, 1.165) is 61.5 Å². The topological polar surface area (TPSA) is 45.2 Å². The maximum absolute atomic E-state index is 12.9. The predicted molar refractivity (Wildman–Crippen MR) is 114 cm³/mol. The molecule has 2 aromatic rings. The molecular formula is C21H27Cl2N3O. The van der Waals surface area contributed by atoms with Crippen LogP contribution in [0.4, 0.5) is 0 Å². The number of carbonyl (C=O) groups is 1. The van der Waals surface area contributed by atoms with E-state index in [1.807, 2.05) is 54.3 Å². The zero-order valence-corrected chi connectivity index (χ0v) is 17.2. The number of nitrogens with zero attached hydrogens (tertiary/aromatic N) is 2. The lowest BCUT2D eigenvalue weighted by atomic mass is 9.78. The number of hydrogen-bond acceptors (Lipinski definition) is 3. The number of hydrogen-bond donors (Lipinski definition) is 1. The number of aromatic nitrogens is 1. The van der Waals surface area contributed by atoms with Gasteiger partial charge in [0.1, 0.15) is 0 Å². The summed E-state index contributed by atoms with van der Waals surface area (Å²) in [5, 5.41) is 3.48. The fraction of sp³-hybridized carbons (Fsp3) is 0.429. The SMILES string of the molecule is Cc1nc(-c2ccccc2)ccc1C(=O)N1CCC2(CCNC2)CC1.Cl.Cl. The average molecular weight is 408 g/mol. The molecule has 2 saturated heterocycles. The number of benzene rings is 1. The summed E-state index contributed by atoms with van der Waals surface area (Å²) >= 11 is 0. The number of aryl methyl sites for hydroxylation is 1. The molecule has 4 nitrogen and oxygen atoms in total. The van der Waals surface area contributed by atoms with Crippen molar-refractivity contribution in [3.05, 3.63) is 53.7 Å². The van der Waals surface area contributed by atoms with Gasteiger partial charge in [0.25, 0.3) is 5.91 Å². The van der Waals surface area contributed by atoms with Gasteiger partial charge in [-0.2, -0.15) is 0 Å². The molecule has 0 bridgehead atoms. The molecule has 27 heavy (non-hydrogen) atoms. The molecule has 1 aromatic heterocycles. The number of piperidine rings is 1. The first kappa shape index (κ1) is 21.7. The highest BCUT2D eigenvalue weighted by Gasteiger charge is 2.38. The molecule has 0 saturated carbocycles. The van der Waals surface area contributed by atoms with Gasteiger partial charge in [-0.25, -0.2) is 0 Å². The maximum Gasteiger partial charge on any atom is 0.255 e. The second-order valence-electron chi connectivity index (χ2n) is 7.41. The van der Waals surface area contributed by atoms with Crippen LogP contribution in [-0.2, 0) is 0 Å². The van der Waals surface area contributed by atoms with E-state index in [9.17, 15) is 4.79 Å². The molecule has 1 amide bonds. The Morgan fingerprint density at radius 2 is 1.74 bits per heavy atom. The summed E-state index contributed by atoms with van der Waals surface area (Å²) < 4.78 is 0. The molecule has 3 heterocycles. The Morgan fingerprint density at radius 1 is 1.04 bits per heavy atom. The van der Waals surface area contributed by atoms with E-state index in [4.69, 9.17) is 0 Å². The van der Waals surface area contributed by atoms with Crippen LogP contribution in [0.1, 0.15) is 35.3 Å². The van der Waals surface area contributed by atoms with Crippen LogP contribution in [0.25, 0.3) is 11.3 Å². The van der Waals surface area contributed by atoms with Crippen molar-refractivity contribution in [1.29, 1.82) is 0 Å². The molecule has 0 unspecified atom stereocenters. The van der Waals surface area contributed by atoms with E-state index in [2.05, 4.69) is 10.3 Å². The summed E-state index contributed by atoms with van der Waals surface area (Å²) in [4.78, 5) is 19.6. The fourth-order valence-corrected chi connectivity index (χ4v) is 4.13. The Balaban J connectivity index is 0.00000131. The largest absolute Gasteiger partial charge is 0.339 e. The highest BCUT2D eigenvalue weighted by atomic mass is 35.5. The number of halogens is 2. The molecular weight excluding hydrogens is 381 g/mol. The van der Waals surface area contributed by atoms with Gasteiger partial charge in [-0.3, -0.25) is 9.78 Å². The van der Waals surface area contributed by atoms with Crippen molar-refractivity contribution in [2.24, 2.45) is 5.41 Å². The van der Waals surface area contributed by atoms with Crippen LogP contribution in [0, 0.1) is 12.3 Å². The quantitative estimate of drug-likeness (QED) is 0.813. The van der Waals surface area contributed by atoms with Crippen molar-refractivity contribution in [3.63, 3.8) is 0 Å². The van der Waals surface area contributed by atoms with Crippen LogP contribution >= 0.6 is 24.8 Å². The molecule has 2 aliphatic rings. The summed E-state index contributed by atoms with van der Waals surface area (Å²) in [7, 11) is 0. The van der Waals surface area contributed by atoms with Gasteiger partial charge in [-0.05, 0) is 50.3 Å². The van der Waals surface area contributed by atoms with Gasteiger partial charge in [-0.1, -0.05) is 30.3 Å². The van der Waals surface area contributed by atoms with Crippen LogP contribution in [0.15, 0.2) is 42.5 Å². The van der Waals surface area contributed by atoms with E-state index in [-0.39, 0.29) is 30.7 Å². The van der Waals surface area contributed by atoms with Gasteiger partial charge in [0.05, 0.1) is 17.0 Å². The zero-order chi connectivity index (χ0) is 17.3. The maximum atomic E-state index is 12.9. The van der Waals surface area contributed by atoms with Crippen molar-refractivity contribution in [1.82, 2.24) is 15.2 Å². The zero-order valence-electron chi connectivity index (χ0n) is 15.6. The van der Waals surface area contributed by atoms with E-state index < -0.39 is 0 Å². The minimum atomic E-state index is 0. The molecule has 2 fully saturated rings. The number of pyridine rings is 1. The third kappa shape index (κ3) is 4.45. The fourth-order valence-electron chi connectivity index (χ4n) is 4.13. The lowest BCUT2D eigenvalue weighted by Gasteiger charge is -2.39. The van der Waals surface area contributed by atoms with Gasteiger partial charge in [0.2, 0.25) is 0 Å². The van der Waals surface area contributed by atoms with Gasteiger partial charge in [-0.15, -0.1) is 24.8 Å². The monoisotopic (exact) mass is 407 g/mol. The molecule has 0 aliphatic carbocycles. The van der Waals surface area contributed by atoms with Crippen LogP contribution in [0.5, 0.6) is 0 Å². The Morgan fingerprint density at radius 3 is 2.33 bits per heavy atom. The van der Waals surface area contributed by atoms with Crippen molar-refractivity contribution in [2.75, 3.05) is 26.2 Å². The van der Waals surface area contributed by atoms with E-state index in [0.29, 0.717) is 5.41 Å². The Kier molecular flexibility index (Phi) is 7.26. The van der Waals surface area contributed by atoms with Gasteiger partial charge in [0, 0.05) is 25.2 Å². The van der Waals surface area contributed by atoms with Gasteiger partial charge >= 0.3 is 0 Å². The highest BCUT2D eigenvalue weighted by molar-refractivity contribution is 5.95. The summed E-state index contributed by atoms with van der Waals surface area (Å²) in [6.45, 7) is 5.89. The molecule has 1 N–H and O–H groups in total. The second-order valence-corrected chi connectivity index (χ2v) is 7.41. The molecule has 4 rings (SSSR count). The molecule has 1 aromatic carbocycles. The number of carbonyl (C=O) groups excluding carboxylic acids is 1. The summed E-state index contributed by atoms with van der Waals surface area (Å²) in [5.41, 5.74) is 3.98. The third-order valence-corrected chi connectivity index (χ3v) is 5.83. The first-order chi connectivity index (χ1) is 12.2. The number of rotatable bonds is 2. The first-order valence-corrected chi connectivity index (χ1v) is 9.20. The smallest absolute Gasteiger partial charge is 0.255 e. The summed E-state index contributed by atoms with van der Waals surface area (Å²) in [6, 6.07) is 14.0. The lowest BCUT2D eigenvalue weighted by Crippen LogP contribution is -2.44. The Bertz CT molecular complexity index is 766. The summed E-state index contributed by atoms with van der Waals surface area (Å²) in [6.07, 6.45) is 3.47. The van der Waals surface area contributed by atoms with Crippen LogP contribution in [-0.4, -0.2) is 42.0 Å². The minimum absolute atomic E-state index is 0. The van der Waals surface area contributed by atoms with Crippen LogP contribution in [0.2, 0.25) is 0 Å². The third-order valence-electron chi connectivity index (χ3n) is 5.83. The van der Waals surface area contributed by atoms with E-state index >= 15 is 0 Å². The average Bonchev–Trinajstić information content (AvgIpc) is 3.10. The minimum Gasteiger partial charge on any atom is -0.339 e. The molecule has 0 atom stereocenters. The number of amides is 1. The van der Waals surface area contributed by atoms with Crippen LogP contribution in [0.3, 0.4) is 0 Å². The summed E-state index contributed by atoms with van der Waals surface area (Å²) in [5.74, 6) is 0.130. The van der Waals surface area contributed by atoms with Crippen molar-refractivity contribution < 1.29 is 4.79 Å². The normalized spacial score (nSPS) is 17.9. The molecule has 2 aliphatic heterocycles. The van der Waals surface area contributed by atoms with Crippen molar-refractivity contribution >= 4 is 30.7 Å². The highest BCUT2D eigenvalue weighted by Crippen LogP contribution is 2.37. The number of likely N-dealkylation sites (tertiary alicyclic amines) is 1. The van der Waals surface area contributed by atoms with Crippen molar-refractivity contribution in [3.8, 4) is 11.3 Å². The molecule has 6 heteroatoms. The van der Waals surface area contributed by atoms with Crippen molar-refractivity contribution in [2.45, 2.75) is 26.2 Å². The first-order valence-electron chi connectivity index (χ1n) is 9.20. The predicted octanol–water partition coefficient (Wildman–Crippen LogP) is 4.12. The van der Waals surface area contributed by atoms with Gasteiger partial charge in [0.15, 0.2) is 0 Å². The molecule has 0 radical (unpaired) electrons. The Hall–Kier alpha value is -1.62. The lowest BCUT2D eigenvalue weighted by molar-refractivity contribution is 0.0606. The second kappa shape index (κ2) is 9.05. The van der Waals surface area contributed by atoms with Crippen LogP contribution < -0.4 is 5.32 Å². The van der Waals surface area contributed by atoms with E-state index in [1.54, 1.807) is 0 Å². The van der Waals surface area contributed by atoms with E-state index in [1.165, 1.54) is 6.42 Å². The molecule has 1 spiro atoms. The number of nitrogens with one attached hydrogen (secondary N) is 1.